The van der Waals surface area contributed by atoms with Crippen LogP contribution in [-0.4, -0.2) is 12.9 Å². The van der Waals surface area contributed by atoms with Gasteiger partial charge >= 0.3 is 0 Å². The van der Waals surface area contributed by atoms with Crippen LogP contribution in [0.25, 0.3) is 11.1 Å². The molecular formula is C15H12Cl2O2. The van der Waals surface area contributed by atoms with Crippen molar-refractivity contribution in [1.29, 1.82) is 0 Å². The molecule has 2 aromatic carbocycles. The Bertz CT molecular complexity index is 636. The van der Waals surface area contributed by atoms with Gasteiger partial charge in [-0.2, -0.15) is 0 Å². The van der Waals surface area contributed by atoms with E-state index in [0.717, 1.165) is 11.1 Å². The van der Waals surface area contributed by atoms with Gasteiger partial charge in [-0.15, -0.1) is 0 Å². The van der Waals surface area contributed by atoms with Crippen LogP contribution in [0.2, 0.25) is 10.0 Å². The number of ketones is 1. The molecule has 0 unspecified atom stereocenters. The molecule has 0 saturated carbocycles. The molecule has 0 atom stereocenters. The number of hydrogen-bond donors (Lipinski definition) is 0. The Morgan fingerprint density at radius 3 is 2.42 bits per heavy atom. The van der Waals surface area contributed by atoms with Gasteiger partial charge < -0.3 is 4.74 Å². The average molecular weight is 295 g/mol. The van der Waals surface area contributed by atoms with Gasteiger partial charge in [-0.05, 0) is 30.7 Å². The van der Waals surface area contributed by atoms with Crippen LogP contribution in [0.1, 0.15) is 17.3 Å². The van der Waals surface area contributed by atoms with E-state index < -0.39 is 0 Å². The Morgan fingerprint density at radius 2 is 1.84 bits per heavy atom. The fourth-order valence-electron chi connectivity index (χ4n) is 1.93. The zero-order valence-electron chi connectivity index (χ0n) is 10.5. The molecule has 0 amide bonds. The molecule has 0 aliphatic carbocycles. The molecular weight excluding hydrogens is 283 g/mol. The normalized spacial score (nSPS) is 10.3. The SMILES string of the molecule is COc1c(C(C)=O)cccc1-c1ccc(Cl)c(Cl)c1. The Kier molecular flexibility index (Phi) is 4.13. The largest absolute Gasteiger partial charge is 0.495 e. The summed E-state index contributed by atoms with van der Waals surface area (Å²) < 4.78 is 5.37. The molecule has 0 aliphatic rings. The van der Waals surface area contributed by atoms with Crippen molar-refractivity contribution in [2.24, 2.45) is 0 Å². The number of para-hydroxylation sites is 1. The van der Waals surface area contributed by atoms with E-state index in [9.17, 15) is 4.79 Å². The maximum absolute atomic E-state index is 11.6. The van der Waals surface area contributed by atoms with Crippen LogP contribution >= 0.6 is 23.2 Å². The maximum atomic E-state index is 11.6. The van der Waals surface area contributed by atoms with E-state index in [-0.39, 0.29) is 5.78 Å². The van der Waals surface area contributed by atoms with Crippen molar-refractivity contribution < 1.29 is 9.53 Å². The smallest absolute Gasteiger partial charge is 0.163 e. The zero-order valence-corrected chi connectivity index (χ0v) is 12.0. The number of methoxy groups -OCH3 is 1. The molecule has 19 heavy (non-hydrogen) atoms. The topological polar surface area (TPSA) is 26.3 Å². The van der Waals surface area contributed by atoms with E-state index in [2.05, 4.69) is 0 Å². The number of halogens is 2. The number of ether oxygens (including phenoxy) is 1. The first-order valence-corrected chi connectivity index (χ1v) is 6.43. The van der Waals surface area contributed by atoms with Crippen LogP contribution in [0.15, 0.2) is 36.4 Å². The number of Topliss-reactive ketones (excluding diaryl/α,β-unsaturated/α-hetero) is 1. The summed E-state index contributed by atoms with van der Waals surface area (Å²) in [6.07, 6.45) is 0. The Balaban J connectivity index is 2.64. The summed E-state index contributed by atoms with van der Waals surface area (Å²) in [4.78, 5) is 11.6. The molecule has 2 rings (SSSR count). The summed E-state index contributed by atoms with van der Waals surface area (Å²) >= 11 is 11.9. The van der Waals surface area contributed by atoms with Gasteiger partial charge in [0.15, 0.2) is 5.78 Å². The van der Waals surface area contributed by atoms with Gasteiger partial charge in [0, 0.05) is 5.56 Å². The molecule has 2 aromatic rings. The van der Waals surface area contributed by atoms with Gasteiger partial charge in [0.25, 0.3) is 0 Å². The molecule has 0 saturated heterocycles. The lowest BCUT2D eigenvalue weighted by atomic mass is 10.00. The van der Waals surface area contributed by atoms with Crippen molar-refractivity contribution in [2.45, 2.75) is 6.92 Å². The lowest BCUT2D eigenvalue weighted by Crippen LogP contribution is -1.99. The second kappa shape index (κ2) is 5.64. The van der Waals surface area contributed by atoms with Gasteiger partial charge in [-0.25, -0.2) is 0 Å². The Hall–Kier alpha value is -1.51. The summed E-state index contributed by atoms with van der Waals surface area (Å²) in [5.74, 6) is 0.507. The highest BCUT2D eigenvalue weighted by molar-refractivity contribution is 6.42. The summed E-state index contributed by atoms with van der Waals surface area (Å²) in [6, 6.07) is 10.8. The molecule has 4 heteroatoms. The first-order valence-electron chi connectivity index (χ1n) is 5.68. The number of carbonyl (C=O) groups excluding carboxylic acids is 1. The third kappa shape index (κ3) is 2.75. The van der Waals surface area contributed by atoms with E-state index in [4.69, 9.17) is 27.9 Å². The van der Waals surface area contributed by atoms with Gasteiger partial charge in [0.05, 0.1) is 22.7 Å². The van der Waals surface area contributed by atoms with Crippen molar-refractivity contribution in [3.05, 3.63) is 52.0 Å². The van der Waals surface area contributed by atoms with Crippen molar-refractivity contribution in [1.82, 2.24) is 0 Å². The molecule has 0 bridgehead atoms. The highest BCUT2D eigenvalue weighted by Crippen LogP contribution is 2.36. The molecule has 0 aliphatic heterocycles. The fourth-order valence-corrected chi connectivity index (χ4v) is 2.22. The summed E-state index contributed by atoms with van der Waals surface area (Å²) in [7, 11) is 1.54. The second-order valence-corrected chi connectivity index (χ2v) is 4.89. The minimum absolute atomic E-state index is 0.0428. The van der Waals surface area contributed by atoms with E-state index in [1.54, 1.807) is 25.3 Å². The molecule has 0 heterocycles. The predicted octanol–water partition coefficient (Wildman–Crippen LogP) is 4.87. The highest BCUT2D eigenvalue weighted by Gasteiger charge is 2.14. The first kappa shape index (κ1) is 13.9. The van der Waals surface area contributed by atoms with E-state index in [1.165, 1.54) is 6.92 Å². The number of benzene rings is 2. The molecule has 0 fully saturated rings. The minimum Gasteiger partial charge on any atom is -0.495 e. The van der Waals surface area contributed by atoms with Crippen molar-refractivity contribution >= 4 is 29.0 Å². The maximum Gasteiger partial charge on any atom is 0.163 e. The lowest BCUT2D eigenvalue weighted by Gasteiger charge is -2.12. The van der Waals surface area contributed by atoms with Gasteiger partial charge in [0.1, 0.15) is 5.75 Å². The summed E-state index contributed by atoms with van der Waals surface area (Å²) in [6.45, 7) is 1.51. The van der Waals surface area contributed by atoms with Crippen LogP contribution in [0.4, 0.5) is 0 Å². The highest BCUT2D eigenvalue weighted by atomic mass is 35.5. The molecule has 0 aromatic heterocycles. The number of hydrogen-bond acceptors (Lipinski definition) is 2. The standard InChI is InChI=1S/C15H12Cl2O2/c1-9(18)11-4-3-5-12(15(11)19-2)10-6-7-13(16)14(17)8-10/h3-8H,1-2H3. The quantitative estimate of drug-likeness (QED) is 0.755. The lowest BCUT2D eigenvalue weighted by molar-refractivity contribution is 0.101. The van der Waals surface area contributed by atoms with Crippen LogP contribution in [-0.2, 0) is 0 Å². The summed E-state index contributed by atoms with van der Waals surface area (Å²) in [5, 5.41) is 0.960. The summed E-state index contributed by atoms with van der Waals surface area (Å²) in [5.41, 5.74) is 2.22. The van der Waals surface area contributed by atoms with E-state index in [1.807, 2.05) is 18.2 Å². The number of rotatable bonds is 3. The molecule has 0 radical (unpaired) electrons. The molecule has 0 N–H and O–H groups in total. The molecule has 98 valence electrons. The third-order valence-electron chi connectivity index (χ3n) is 2.83. The Labute approximate surface area is 121 Å². The van der Waals surface area contributed by atoms with Crippen molar-refractivity contribution in [2.75, 3.05) is 7.11 Å². The Morgan fingerprint density at radius 1 is 1.11 bits per heavy atom. The van der Waals surface area contributed by atoms with Crippen LogP contribution in [0.5, 0.6) is 5.75 Å². The fraction of sp³-hybridized carbons (Fsp3) is 0.133. The average Bonchev–Trinajstić information content (AvgIpc) is 2.40. The van der Waals surface area contributed by atoms with E-state index in [0.29, 0.717) is 21.4 Å². The molecule has 0 spiro atoms. The number of carbonyl (C=O) groups is 1. The van der Waals surface area contributed by atoms with E-state index >= 15 is 0 Å². The van der Waals surface area contributed by atoms with Crippen molar-refractivity contribution in [3.8, 4) is 16.9 Å². The van der Waals surface area contributed by atoms with Gasteiger partial charge in [-0.3, -0.25) is 4.79 Å². The van der Waals surface area contributed by atoms with Crippen LogP contribution in [0.3, 0.4) is 0 Å². The predicted molar refractivity (Wildman–Crippen MR) is 78.5 cm³/mol. The zero-order chi connectivity index (χ0) is 14.0. The van der Waals surface area contributed by atoms with Crippen LogP contribution < -0.4 is 4.74 Å². The third-order valence-corrected chi connectivity index (χ3v) is 3.57. The van der Waals surface area contributed by atoms with Crippen molar-refractivity contribution in [3.63, 3.8) is 0 Å². The van der Waals surface area contributed by atoms with Crippen LogP contribution in [0, 0.1) is 0 Å². The van der Waals surface area contributed by atoms with Gasteiger partial charge in [0.2, 0.25) is 0 Å². The monoisotopic (exact) mass is 294 g/mol. The first-order chi connectivity index (χ1) is 9.04. The minimum atomic E-state index is -0.0428. The second-order valence-electron chi connectivity index (χ2n) is 4.07. The molecule has 2 nitrogen and oxygen atoms in total. The van der Waals surface area contributed by atoms with Gasteiger partial charge in [-0.1, -0.05) is 41.4 Å².